The van der Waals surface area contributed by atoms with Crippen molar-refractivity contribution in [3.63, 3.8) is 0 Å². The molecule has 2 radical (unpaired) electrons. The van der Waals surface area contributed by atoms with E-state index in [0.29, 0.717) is 11.5 Å². The van der Waals surface area contributed by atoms with Crippen molar-refractivity contribution < 1.29 is 4.74 Å². The van der Waals surface area contributed by atoms with E-state index in [9.17, 15) is 0 Å². The van der Waals surface area contributed by atoms with E-state index in [0.717, 1.165) is 55.3 Å². The van der Waals surface area contributed by atoms with Crippen LogP contribution in [0.3, 0.4) is 0 Å². The van der Waals surface area contributed by atoms with Crippen LogP contribution in [0.15, 0.2) is 89.4 Å². The summed E-state index contributed by atoms with van der Waals surface area (Å²) in [6.07, 6.45) is 0. The smallest absolute Gasteiger partial charge is 0.208 e. The van der Waals surface area contributed by atoms with Gasteiger partial charge in [-0.25, -0.2) is 9.97 Å². The first kappa shape index (κ1) is 23.2. The molecule has 2 heterocycles. The molecular weight excluding hydrogens is 527 g/mol. The molecule has 6 aromatic rings. The standard InChI is InChI=1S/C28H22BBrN6O/c1-35-25-13-11-21(15-23(25)33-27(35)31-19-7-3-17(29)4-8-19)37-22-12-14-26-24(16-22)34-28(36(26)2)32-20-9-5-18(30)6-10-20/h3-16H,1-2H3,(H,31,33)(H,32,34). The SMILES string of the molecule is [B]c1ccc(Nc2nc3cc(Oc4ccc5c(c4)nc(Nc4ccc(Br)cc4)n5C)ccc3n2C)cc1. The van der Waals surface area contributed by atoms with E-state index in [-0.39, 0.29) is 0 Å². The van der Waals surface area contributed by atoms with Crippen molar-refractivity contribution in [2.24, 2.45) is 14.1 Å². The zero-order valence-electron chi connectivity index (χ0n) is 20.2. The molecular formula is C28H22BBrN6O. The lowest BCUT2D eigenvalue weighted by Crippen LogP contribution is -2.03. The third-order valence-corrected chi connectivity index (χ3v) is 6.74. The number of nitrogens with zero attached hydrogens (tertiary/aromatic N) is 4. The molecule has 37 heavy (non-hydrogen) atoms. The Hall–Kier alpha value is -4.24. The summed E-state index contributed by atoms with van der Waals surface area (Å²) in [5.41, 5.74) is 6.28. The summed E-state index contributed by atoms with van der Waals surface area (Å²) in [7, 11) is 9.76. The largest absolute Gasteiger partial charge is 0.457 e. The van der Waals surface area contributed by atoms with Crippen molar-refractivity contribution in [2.45, 2.75) is 0 Å². The number of imidazole rings is 2. The maximum absolute atomic E-state index is 6.20. The highest BCUT2D eigenvalue weighted by Gasteiger charge is 2.12. The first-order chi connectivity index (χ1) is 17.9. The molecule has 0 aliphatic carbocycles. The molecule has 0 unspecified atom stereocenters. The molecule has 0 saturated carbocycles. The number of hydrogen-bond donors (Lipinski definition) is 2. The van der Waals surface area contributed by atoms with E-state index < -0.39 is 0 Å². The van der Waals surface area contributed by atoms with Crippen molar-refractivity contribution in [1.82, 2.24) is 19.1 Å². The van der Waals surface area contributed by atoms with E-state index in [2.05, 4.69) is 26.6 Å². The summed E-state index contributed by atoms with van der Waals surface area (Å²) >= 11 is 3.47. The number of nitrogens with one attached hydrogen (secondary N) is 2. The van der Waals surface area contributed by atoms with E-state index in [4.69, 9.17) is 22.6 Å². The van der Waals surface area contributed by atoms with Crippen LogP contribution in [0, 0.1) is 0 Å². The number of rotatable bonds is 6. The Morgan fingerprint density at radius 2 is 1.14 bits per heavy atom. The highest BCUT2D eigenvalue weighted by Crippen LogP contribution is 2.31. The molecule has 0 saturated heterocycles. The van der Waals surface area contributed by atoms with Crippen molar-refractivity contribution in [3.8, 4) is 11.5 Å². The van der Waals surface area contributed by atoms with Gasteiger partial charge in [0.2, 0.25) is 11.9 Å². The maximum atomic E-state index is 6.20. The first-order valence-corrected chi connectivity index (χ1v) is 12.5. The Morgan fingerprint density at radius 1 is 0.676 bits per heavy atom. The fourth-order valence-electron chi connectivity index (χ4n) is 4.20. The van der Waals surface area contributed by atoms with Gasteiger partial charge in [0.15, 0.2) is 0 Å². The molecule has 7 nitrogen and oxygen atoms in total. The Kier molecular flexibility index (Phi) is 5.85. The van der Waals surface area contributed by atoms with Gasteiger partial charge in [-0.05, 0) is 60.7 Å². The summed E-state index contributed by atoms with van der Waals surface area (Å²) in [5, 5.41) is 6.72. The van der Waals surface area contributed by atoms with Gasteiger partial charge in [0.1, 0.15) is 19.3 Å². The highest BCUT2D eigenvalue weighted by molar-refractivity contribution is 9.10. The maximum Gasteiger partial charge on any atom is 0.208 e. The van der Waals surface area contributed by atoms with Crippen LogP contribution < -0.4 is 20.8 Å². The summed E-state index contributed by atoms with van der Waals surface area (Å²) in [6.45, 7) is 0. The molecule has 9 heteroatoms. The van der Waals surface area contributed by atoms with Gasteiger partial charge in [-0.3, -0.25) is 0 Å². The molecule has 2 N–H and O–H groups in total. The Morgan fingerprint density at radius 3 is 1.62 bits per heavy atom. The third-order valence-electron chi connectivity index (χ3n) is 6.21. The predicted octanol–water partition coefficient (Wildman–Crippen LogP) is 6.30. The van der Waals surface area contributed by atoms with Gasteiger partial charge in [-0.1, -0.05) is 33.5 Å². The molecule has 180 valence electrons. The molecule has 0 aliphatic rings. The van der Waals surface area contributed by atoms with Gasteiger partial charge in [0.25, 0.3) is 0 Å². The molecule has 0 atom stereocenters. The van der Waals surface area contributed by atoms with Gasteiger partial charge in [0.05, 0.1) is 22.1 Å². The van der Waals surface area contributed by atoms with E-state index >= 15 is 0 Å². The van der Waals surface area contributed by atoms with Crippen molar-refractivity contribution in [2.75, 3.05) is 10.6 Å². The van der Waals surface area contributed by atoms with Crippen LogP contribution in [0.4, 0.5) is 23.3 Å². The number of anilines is 4. The van der Waals surface area contributed by atoms with Crippen LogP contribution >= 0.6 is 15.9 Å². The zero-order valence-corrected chi connectivity index (χ0v) is 21.8. The van der Waals surface area contributed by atoms with Crippen molar-refractivity contribution in [1.29, 1.82) is 0 Å². The highest BCUT2D eigenvalue weighted by atomic mass is 79.9. The molecule has 0 amide bonds. The normalized spacial score (nSPS) is 11.2. The lowest BCUT2D eigenvalue weighted by molar-refractivity contribution is 0.484. The molecule has 0 fully saturated rings. The lowest BCUT2D eigenvalue weighted by atomic mass is 9.96. The van der Waals surface area contributed by atoms with Crippen LogP contribution in [0.5, 0.6) is 11.5 Å². The number of aromatic nitrogens is 4. The number of ether oxygens (including phenoxy) is 1. The fourth-order valence-corrected chi connectivity index (χ4v) is 4.47. The second kappa shape index (κ2) is 9.33. The number of benzene rings is 4. The van der Waals surface area contributed by atoms with E-state index in [1.54, 1.807) is 0 Å². The van der Waals surface area contributed by atoms with Gasteiger partial charge in [-0.2, -0.15) is 0 Å². The van der Waals surface area contributed by atoms with Crippen LogP contribution in [-0.2, 0) is 14.1 Å². The summed E-state index contributed by atoms with van der Waals surface area (Å²) in [4.78, 5) is 9.53. The molecule has 4 aromatic carbocycles. The second-order valence-corrected chi connectivity index (χ2v) is 9.69. The van der Waals surface area contributed by atoms with Crippen LogP contribution in [0.2, 0.25) is 0 Å². The average Bonchev–Trinajstić information content (AvgIpc) is 3.37. The van der Waals surface area contributed by atoms with Crippen LogP contribution in [-0.4, -0.2) is 26.9 Å². The summed E-state index contributed by atoms with van der Waals surface area (Å²) in [5.74, 6) is 2.90. The van der Waals surface area contributed by atoms with Gasteiger partial charge in [0, 0.05) is 42.1 Å². The fraction of sp³-hybridized carbons (Fsp3) is 0.0714. The van der Waals surface area contributed by atoms with Gasteiger partial charge >= 0.3 is 0 Å². The van der Waals surface area contributed by atoms with Gasteiger partial charge < -0.3 is 24.5 Å². The topological polar surface area (TPSA) is 68.9 Å². The second-order valence-electron chi connectivity index (χ2n) is 8.77. The monoisotopic (exact) mass is 548 g/mol. The minimum atomic E-state index is 0.702. The quantitative estimate of drug-likeness (QED) is 0.239. The third kappa shape index (κ3) is 4.65. The zero-order chi connectivity index (χ0) is 25.5. The van der Waals surface area contributed by atoms with Crippen LogP contribution in [0.1, 0.15) is 0 Å². The number of fused-ring (bicyclic) bond motifs is 2. The Balaban J connectivity index is 1.24. The first-order valence-electron chi connectivity index (χ1n) is 11.7. The number of hydrogen-bond acceptors (Lipinski definition) is 5. The molecule has 0 spiro atoms. The Labute approximate surface area is 223 Å². The lowest BCUT2D eigenvalue weighted by Gasteiger charge is -2.07. The Bertz CT molecular complexity index is 1610. The van der Waals surface area contributed by atoms with E-state index in [1.807, 2.05) is 108 Å². The molecule has 0 aliphatic heterocycles. The van der Waals surface area contributed by atoms with Crippen molar-refractivity contribution >= 4 is 74.6 Å². The number of halogens is 1. The van der Waals surface area contributed by atoms with Crippen LogP contribution in [0.25, 0.3) is 22.1 Å². The summed E-state index contributed by atoms with van der Waals surface area (Å²) < 4.78 is 11.3. The minimum absolute atomic E-state index is 0.702. The summed E-state index contributed by atoms with van der Waals surface area (Å²) in [6, 6.07) is 27.3. The van der Waals surface area contributed by atoms with Gasteiger partial charge in [-0.15, -0.1) is 0 Å². The molecule has 0 bridgehead atoms. The minimum Gasteiger partial charge on any atom is -0.457 e. The predicted molar refractivity (Wildman–Crippen MR) is 154 cm³/mol. The molecule has 6 rings (SSSR count). The molecule has 2 aromatic heterocycles. The average molecular weight is 549 g/mol. The number of aryl methyl sites for hydroxylation is 2. The van der Waals surface area contributed by atoms with E-state index in [1.165, 1.54) is 0 Å². The van der Waals surface area contributed by atoms with Crippen molar-refractivity contribution in [3.05, 3.63) is 89.4 Å².